The van der Waals surface area contributed by atoms with Gasteiger partial charge < -0.3 is 19.9 Å². The largest absolute Gasteiger partial charge is 0.388 e. The molecule has 1 aliphatic rings. The van der Waals surface area contributed by atoms with Crippen LogP contribution in [0.1, 0.15) is 58.1 Å². The number of rotatable bonds is 5. The molecule has 1 aliphatic heterocycles. The number of H-pyrrole nitrogens is 1. The molecule has 2 amide bonds. The van der Waals surface area contributed by atoms with Gasteiger partial charge in [0.05, 0.1) is 6.04 Å². The second-order valence-corrected chi connectivity index (χ2v) is 6.06. The molecule has 0 aromatic carbocycles. The summed E-state index contributed by atoms with van der Waals surface area (Å²) in [5, 5.41) is 2.63. The minimum Gasteiger partial charge on any atom is -0.388 e. The first kappa shape index (κ1) is 23.1. The Bertz CT molecular complexity index is 502. The van der Waals surface area contributed by atoms with E-state index in [2.05, 4.69) is 20.0 Å². The molecule has 2 unspecified atom stereocenters. The van der Waals surface area contributed by atoms with E-state index in [0.717, 1.165) is 24.4 Å². The number of aryl methyl sites for hydroxylation is 1. The minimum absolute atomic E-state index is 0.00842. The number of carbonyl (C=O) groups is 2. The molecule has 0 saturated carbocycles. The van der Waals surface area contributed by atoms with Crippen molar-refractivity contribution in [2.24, 2.45) is 5.92 Å². The van der Waals surface area contributed by atoms with Gasteiger partial charge in [0.25, 0.3) is 0 Å². The van der Waals surface area contributed by atoms with Gasteiger partial charge in [-0.25, -0.2) is 4.98 Å². The number of imidazole rings is 1. The number of nitrogens with one attached hydrogen (secondary N) is 2. The number of likely N-dealkylation sites (tertiary alicyclic amines) is 1. The van der Waals surface area contributed by atoms with Crippen LogP contribution in [0.15, 0.2) is 6.20 Å². The molecule has 0 radical (unpaired) electrons. The first-order valence-corrected chi connectivity index (χ1v) is 8.88. The van der Waals surface area contributed by atoms with Crippen LogP contribution in [0.4, 0.5) is 0 Å². The van der Waals surface area contributed by atoms with Crippen molar-refractivity contribution in [2.75, 3.05) is 20.8 Å². The van der Waals surface area contributed by atoms with E-state index in [1.54, 1.807) is 20.4 Å². The molecule has 2 rings (SSSR count). The summed E-state index contributed by atoms with van der Waals surface area (Å²) in [6.45, 7) is 10.5. The molecule has 1 aromatic rings. The van der Waals surface area contributed by atoms with E-state index in [1.165, 1.54) is 0 Å². The molecular weight excluding hydrogens is 320 g/mol. The van der Waals surface area contributed by atoms with E-state index in [-0.39, 0.29) is 17.9 Å². The highest BCUT2D eigenvalue weighted by molar-refractivity contribution is 5.84. The van der Waals surface area contributed by atoms with Crippen molar-refractivity contribution in [2.45, 2.75) is 59.5 Å². The van der Waals surface area contributed by atoms with Gasteiger partial charge in [0.1, 0.15) is 11.9 Å². The summed E-state index contributed by atoms with van der Waals surface area (Å²) in [7, 11) is 3.25. The van der Waals surface area contributed by atoms with Crippen molar-refractivity contribution in [1.29, 1.82) is 0 Å². The number of hydrogen-bond donors (Lipinski definition) is 2. The Kier molecular flexibility index (Phi) is 11.5. The number of nitrogens with zero attached hydrogens (tertiary/aromatic N) is 2. The lowest BCUT2D eigenvalue weighted by molar-refractivity contribution is -0.137. The van der Waals surface area contributed by atoms with Crippen LogP contribution >= 0.6 is 0 Å². The molecule has 0 spiro atoms. The highest BCUT2D eigenvalue weighted by Gasteiger charge is 2.36. The van der Waals surface area contributed by atoms with Crippen LogP contribution in [0.3, 0.4) is 0 Å². The second kappa shape index (κ2) is 12.5. The van der Waals surface area contributed by atoms with Crippen molar-refractivity contribution < 1.29 is 14.3 Å². The fourth-order valence-corrected chi connectivity index (χ4v) is 2.72. The third kappa shape index (κ3) is 6.86. The Labute approximate surface area is 151 Å². The van der Waals surface area contributed by atoms with Crippen molar-refractivity contribution in [3.05, 3.63) is 17.7 Å². The summed E-state index contributed by atoms with van der Waals surface area (Å²) in [6, 6.07) is -0.477. The van der Waals surface area contributed by atoms with Crippen molar-refractivity contribution >= 4 is 12.3 Å². The number of carbonyl (C=O) groups excluding carboxylic acids is 2. The summed E-state index contributed by atoms with van der Waals surface area (Å²) in [6.07, 6.45) is 4.25. The van der Waals surface area contributed by atoms with E-state index in [4.69, 9.17) is 0 Å². The van der Waals surface area contributed by atoms with Crippen molar-refractivity contribution in [1.82, 2.24) is 20.2 Å². The number of hydrogen-bond acceptors (Lipinski definition) is 4. The number of aromatic amines is 1. The lowest BCUT2D eigenvalue weighted by Gasteiger charge is -2.29. The van der Waals surface area contributed by atoms with E-state index in [0.29, 0.717) is 13.0 Å². The van der Waals surface area contributed by atoms with Crippen LogP contribution in [-0.4, -0.2) is 54.0 Å². The monoisotopic (exact) mass is 354 g/mol. The summed E-state index contributed by atoms with van der Waals surface area (Å²) >= 11 is 0. The zero-order valence-corrected chi connectivity index (χ0v) is 16.6. The van der Waals surface area contributed by atoms with Gasteiger partial charge in [-0.05, 0) is 25.7 Å². The molecule has 2 heterocycles. The SMILES string of the molecule is CC.COC.Cc1cnc(C2CCCN2C(=O)C(NC=O)C(C)C)[nH]1. The highest BCUT2D eigenvalue weighted by Crippen LogP contribution is 2.31. The maximum absolute atomic E-state index is 12.6. The van der Waals surface area contributed by atoms with E-state index in [1.807, 2.05) is 39.5 Å². The topological polar surface area (TPSA) is 87.3 Å². The predicted octanol–water partition coefficient (Wildman–Crippen LogP) is 2.44. The summed E-state index contributed by atoms with van der Waals surface area (Å²) in [5.41, 5.74) is 0.991. The first-order chi connectivity index (χ1) is 12.0. The van der Waals surface area contributed by atoms with Crippen LogP contribution in [0.5, 0.6) is 0 Å². The highest BCUT2D eigenvalue weighted by atomic mass is 16.4. The molecule has 25 heavy (non-hydrogen) atoms. The average molecular weight is 354 g/mol. The van der Waals surface area contributed by atoms with Crippen LogP contribution in [0.25, 0.3) is 0 Å². The zero-order chi connectivity index (χ0) is 19.4. The fourth-order valence-electron chi connectivity index (χ4n) is 2.72. The molecule has 0 bridgehead atoms. The molecule has 1 saturated heterocycles. The van der Waals surface area contributed by atoms with Gasteiger partial charge >= 0.3 is 0 Å². The quantitative estimate of drug-likeness (QED) is 0.795. The van der Waals surface area contributed by atoms with Gasteiger partial charge in [-0.15, -0.1) is 0 Å². The third-order valence-corrected chi connectivity index (χ3v) is 3.75. The number of ether oxygens (including phenoxy) is 1. The normalized spacial score (nSPS) is 17.1. The van der Waals surface area contributed by atoms with Gasteiger partial charge in [-0.1, -0.05) is 27.7 Å². The molecule has 0 aliphatic carbocycles. The smallest absolute Gasteiger partial charge is 0.246 e. The standard InChI is InChI=1S/C14H22N4O2.C2H6O.C2H6/c1-9(2)12(16-8-19)14(20)18-6-4-5-11(18)13-15-7-10(3)17-13;1-3-2;1-2/h7-9,11-12H,4-6H2,1-3H3,(H,15,17)(H,16,19);1-2H3;1-2H3. The summed E-state index contributed by atoms with van der Waals surface area (Å²) < 4.78 is 4.25. The van der Waals surface area contributed by atoms with Gasteiger partial charge in [0.2, 0.25) is 12.3 Å². The number of amides is 2. The third-order valence-electron chi connectivity index (χ3n) is 3.75. The van der Waals surface area contributed by atoms with Gasteiger partial charge in [-0.2, -0.15) is 0 Å². The lowest BCUT2D eigenvalue weighted by Crippen LogP contribution is -2.48. The maximum atomic E-state index is 12.6. The Morgan fingerprint density at radius 2 is 2.04 bits per heavy atom. The Morgan fingerprint density at radius 3 is 2.48 bits per heavy atom. The Hall–Kier alpha value is -1.89. The lowest BCUT2D eigenvalue weighted by atomic mass is 10.0. The van der Waals surface area contributed by atoms with Gasteiger partial charge in [0, 0.05) is 32.7 Å². The molecule has 1 fully saturated rings. The van der Waals surface area contributed by atoms with Crippen LogP contribution in [-0.2, 0) is 14.3 Å². The van der Waals surface area contributed by atoms with Gasteiger partial charge in [-0.3, -0.25) is 9.59 Å². The summed E-state index contributed by atoms with van der Waals surface area (Å²) in [5.74, 6) is 0.873. The fraction of sp³-hybridized carbons (Fsp3) is 0.722. The first-order valence-electron chi connectivity index (χ1n) is 8.88. The minimum atomic E-state index is -0.468. The van der Waals surface area contributed by atoms with Crippen LogP contribution in [0.2, 0.25) is 0 Å². The summed E-state index contributed by atoms with van der Waals surface area (Å²) in [4.78, 5) is 32.7. The molecule has 2 N–H and O–H groups in total. The zero-order valence-electron chi connectivity index (χ0n) is 16.6. The van der Waals surface area contributed by atoms with Crippen molar-refractivity contribution in [3.63, 3.8) is 0 Å². The maximum Gasteiger partial charge on any atom is 0.246 e. The van der Waals surface area contributed by atoms with Crippen molar-refractivity contribution in [3.8, 4) is 0 Å². The number of methoxy groups -OCH3 is 1. The Morgan fingerprint density at radius 1 is 1.44 bits per heavy atom. The molecule has 7 nitrogen and oxygen atoms in total. The number of aromatic nitrogens is 2. The molecule has 2 atom stereocenters. The second-order valence-electron chi connectivity index (χ2n) is 6.06. The average Bonchev–Trinajstić information content (AvgIpc) is 3.23. The Balaban J connectivity index is 0.00000104. The molecule has 7 heteroatoms. The van der Waals surface area contributed by atoms with Crippen LogP contribution in [0, 0.1) is 12.8 Å². The molecule has 1 aromatic heterocycles. The van der Waals surface area contributed by atoms with E-state index < -0.39 is 6.04 Å². The molecule has 144 valence electrons. The molecular formula is C18H34N4O3. The van der Waals surface area contributed by atoms with E-state index in [9.17, 15) is 9.59 Å². The van der Waals surface area contributed by atoms with E-state index >= 15 is 0 Å². The van der Waals surface area contributed by atoms with Crippen LogP contribution < -0.4 is 5.32 Å². The van der Waals surface area contributed by atoms with Gasteiger partial charge in [0.15, 0.2) is 0 Å². The predicted molar refractivity (Wildman–Crippen MR) is 99.1 cm³/mol.